The number of carbonyl (C=O) groups excluding carboxylic acids is 1. The van der Waals surface area contributed by atoms with Crippen molar-refractivity contribution in [1.29, 1.82) is 0 Å². The number of ether oxygens (including phenoxy) is 1. The number of methoxy groups -OCH3 is 1. The molecule has 9 nitrogen and oxygen atoms in total. The van der Waals surface area contributed by atoms with Crippen molar-refractivity contribution >= 4 is 29.0 Å². The predicted octanol–water partition coefficient (Wildman–Crippen LogP) is 3.55. The van der Waals surface area contributed by atoms with E-state index < -0.39 is 10.9 Å². The van der Waals surface area contributed by atoms with Crippen molar-refractivity contribution in [3.8, 4) is 0 Å². The van der Waals surface area contributed by atoms with Crippen LogP contribution in [0.3, 0.4) is 0 Å². The topological polar surface area (TPSA) is 110 Å². The number of rotatable bonds is 7. The first-order chi connectivity index (χ1) is 14.0. The average molecular weight is 393 g/mol. The number of hydrogen-bond donors (Lipinski definition) is 1. The molecule has 29 heavy (non-hydrogen) atoms. The summed E-state index contributed by atoms with van der Waals surface area (Å²) in [5.74, 6) is -0.408. The van der Waals surface area contributed by atoms with E-state index in [0.717, 1.165) is 5.56 Å². The van der Waals surface area contributed by atoms with Crippen LogP contribution in [-0.4, -0.2) is 35.0 Å². The van der Waals surface area contributed by atoms with E-state index in [9.17, 15) is 14.9 Å². The standard InChI is InChI=1S/C20H19N5O4/c1-24(16-11-7-6-10-15(16)20(26)29-2)19-17(25(27)28)18(22-13-23-19)21-12-14-8-4-3-5-9-14/h3-11,13H,12H2,1-2H3,(H,21,22,23). The Bertz CT molecular complexity index is 1030. The van der Waals surface area contributed by atoms with E-state index in [0.29, 0.717) is 12.2 Å². The number of hydrogen-bond acceptors (Lipinski definition) is 8. The fourth-order valence-electron chi connectivity index (χ4n) is 2.86. The molecular weight excluding hydrogens is 374 g/mol. The largest absolute Gasteiger partial charge is 0.465 e. The van der Waals surface area contributed by atoms with Crippen LogP contribution in [0.25, 0.3) is 0 Å². The van der Waals surface area contributed by atoms with Crippen LogP contribution in [0.2, 0.25) is 0 Å². The van der Waals surface area contributed by atoms with Gasteiger partial charge in [0.1, 0.15) is 6.33 Å². The number of nitrogens with zero attached hydrogens (tertiary/aromatic N) is 4. The van der Waals surface area contributed by atoms with Gasteiger partial charge in [-0.3, -0.25) is 10.1 Å². The minimum Gasteiger partial charge on any atom is -0.465 e. The molecule has 0 bridgehead atoms. The van der Waals surface area contributed by atoms with Crippen molar-refractivity contribution in [3.63, 3.8) is 0 Å². The van der Waals surface area contributed by atoms with Crippen LogP contribution in [-0.2, 0) is 11.3 Å². The molecular formula is C20H19N5O4. The van der Waals surface area contributed by atoms with Gasteiger partial charge in [-0.25, -0.2) is 14.8 Å². The molecule has 1 aromatic heterocycles. The smallest absolute Gasteiger partial charge is 0.353 e. The third kappa shape index (κ3) is 4.29. The maximum absolute atomic E-state index is 12.1. The monoisotopic (exact) mass is 393 g/mol. The van der Waals surface area contributed by atoms with Crippen molar-refractivity contribution in [3.05, 3.63) is 82.2 Å². The second-order valence-electron chi connectivity index (χ2n) is 6.06. The van der Waals surface area contributed by atoms with E-state index in [2.05, 4.69) is 15.3 Å². The van der Waals surface area contributed by atoms with Gasteiger partial charge in [0.2, 0.25) is 11.6 Å². The minimum absolute atomic E-state index is 0.0527. The van der Waals surface area contributed by atoms with Crippen molar-refractivity contribution in [2.75, 3.05) is 24.4 Å². The normalized spacial score (nSPS) is 10.3. The summed E-state index contributed by atoms with van der Waals surface area (Å²) in [4.78, 5) is 33.0. The van der Waals surface area contributed by atoms with Gasteiger partial charge in [-0.2, -0.15) is 0 Å². The first-order valence-electron chi connectivity index (χ1n) is 8.71. The fourth-order valence-corrected chi connectivity index (χ4v) is 2.86. The Hall–Kier alpha value is -4.01. The van der Waals surface area contributed by atoms with E-state index in [-0.39, 0.29) is 22.9 Å². The summed E-state index contributed by atoms with van der Waals surface area (Å²) in [6, 6.07) is 16.1. The average Bonchev–Trinajstić information content (AvgIpc) is 2.76. The number of para-hydroxylation sites is 1. The lowest BCUT2D eigenvalue weighted by Crippen LogP contribution is -2.18. The third-order valence-electron chi connectivity index (χ3n) is 4.28. The number of esters is 1. The van der Waals surface area contributed by atoms with Gasteiger partial charge in [-0.15, -0.1) is 0 Å². The Morgan fingerprint density at radius 3 is 2.52 bits per heavy atom. The van der Waals surface area contributed by atoms with Gasteiger partial charge >= 0.3 is 11.7 Å². The molecule has 3 rings (SSSR count). The molecule has 0 spiro atoms. The Kier molecular flexibility index (Phi) is 5.98. The van der Waals surface area contributed by atoms with Crippen molar-refractivity contribution < 1.29 is 14.5 Å². The molecule has 1 N–H and O–H groups in total. The van der Waals surface area contributed by atoms with Crippen LogP contribution >= 0.6 is 0 Å². The Morgan fingerprint density at radius 2 is 1.83 bits per heavy atom. The second kappa shape index (κ2) is 8.79. The summed E-state index contributed by atoms with van der Waals surface area (Å²) in [5.41, 5.74) is 1.36. The first kappa shape index (κ1) is 19.7. The molecule has 3 aromatic rings. The van der Waals surface area contributed by atoms with Crippen LogP contribution in [0, 0.1) is 10.1 Å². The van der Waals surface area contributed by atoms with Gasteiger partial charge < -0.3 is 15.0 Å². The summed E-state index contributed by atoms with van der Waals surface area (Å²) in [6.45, 7) is 0.362. The van der Waals surface area contributed by atoms with Crippen molar-refractivity contribution in [2.24, 2.45) is 0 Å². The highest BCUT2D eigenvalue weighted by atomic mass is 16.6. The Morgan fingerprint density at radius 1 is 1.14 bits per heavy atom. The van der Waals surface area contributed by atoms with Gasteiger partial charge in [0.15, 0.2) is 0 Å². The molecule has 0 aliphatic rings. The molecule has 0 atom stereocenters. The van der Waals surface area contributed by atoms with Crippen molar-refractivity contribution in [1.82, 2.24) is 9.97 Å². The molecule has 0 unspecified atom stereocenters. The van der Waals surface area contributed by atoms with Crippen LogP contribution in [0.15, 0.2) is 60.9 Å². The van der Waals surface area contributed by atoms with Gasteiger partial charge in [-0.05, 0) is 17.7 Å². The summed E-state index contributed by atoms with van der Waals surface area (Å²) in [5, 5.41) is 14.8. The lowest BCUT2D eigenvalue weighted by atomic mass is 10.1. The quantitative estimate of drug-likeness (QED) is 0.369. The lowest BCUT2D eigenvalue weighted by Gasteiger charge is -2.21. The zero-order valence-electron chi connectivity index (χ0n) is 15.9. The van der Waals surface area contributed by atoms with E-state index in [1.165, 1.54) is 18.3 Å². The van der Waals surface area contributed by atoms with Crippen LogP contribution in [0.5, 0.6) is 0 Å². The number of aromatic nitrogens is 2. The van der Waals surface area contributed by atoms with E-state index >= 15 is 0 Å². The van der Waals surface area contributed by atoms with Gasteiger partial charge in [0.25, 0.3) is 0 Å². The molecule has 0 aliphatic carbocycles. The SMILES string of the molecule is COC(=O)c1ccccc1N(C)c1ncnc(NCc2ccccc2)c1[N+](=O)[O-]. The maximum Gasteiger partial charge on any atom is 0.353 e. The molecule has 9 heteroatoms. The summed E-state index contributed by atoms with van der Waals surface area (Å²) in [6.07, 6.45) is 1.24. The zero-order valence-corrected chi connectivity index (χ0v) is 15.9. The lowest BCUT2D eigenvalue weighted by molar-refractivity contribution is -0.383. The van der Waals surface area contributed by atoms with Gasteiger partial charge in [0.05, 0.1) is 23.3 Å². The molecule has 0 aliphatic heterocycles. The van der Waals surface area contributed by atoms with E-state index in [1.807, 2.05) is 30.3 Å². The highest BCUT2D eigenvalue weighted by molar-refractivity contribution is 5.97. The fraction of sp³-hybridized carbons (Fsp3) is 0.150. The highest BCUT2D eigenvalue weighted by Crippen LogP contribution is 2.36. The molecule has 148 valence electrons. The number of nitro groups is 1. The highest BCUT2D eigenvalue weighted by Gasteiger charge is 2.28. The Balaban J connectivity index is 2.00. The van der Waals surface area contributed by atoms with Crippen molar-refractivity contribution in [2.45, 2.75) is 6.54 Å². The molecule has 2 aromatic carbocycles. The van der Waals surface area contributed by atoms with Crippen LogP contribution < -0.4 is 10.2 Å². The minimum atomic E-state index is -0.549. The second-order valence-corrected chi connectivity index (χ2v) is 6.06. The van der Waals surface area contributed by atoms with Gasteiger partial charge in [-0.1, -0.05) is 42.5 Å². The molecule has 0 amide bonds. The molecule has 1 heterocycles. The van der Waals surface area contributed by atoms with Gasteiger partial charge in [0, 0.05) is 13.6 Å². The predicted molar refractivity (Wildman–Crippen MR) is 108 cm³/mol. The molecule has 0 saturated heterocycles. The number of nitrogens with one attached hydrogen (secondary N) is 1. The number of carbonyl (C=O) groups is 1. The maximum atomic E-state index is 12.1. The van der Waals surface area contributed by atoms with Crippen LogP contribution in [0.4, 0.5) is 23.0 Å². The summed E-state index contributed by atoms with van der Waals surface area (Å²) < 4.78 is 4.81. The molecule has 0 fully saturated rings. The van der Waals surface area contributed by atoms with E-state index in [1.54, 1.807) is 31.3 Å². The molecule has 0 saturated carbocycles. The third-order valence-corrected chi connectivity index (χ3v) is 4.28. The summed E-state index contributed by atoms with van der Waals surface area (Å²) >= 11 is 0. The Labute approximate surface area is 167 Å². The first-order valence-corrected chi connectivity index (χ1v) is 8.71. The zero-order chi connectivity index (χ0) is 20.8. The van der Waals surface area contributed by atoms with E-state index in [4.69, 9.17) is 4.74 Å². The number of benzene rings is 2. The number of anilines is 3. The summed E-state index contributed by atoms with van der Waals surface area (Å²) in [7, 11) is 2.87. The molecule has 0 radical (unpaired) electrons. The van der Waals surface area contributed by atoms with Crippen LogP contribution in [0.1, 0.15) is 15.9 Å².